The Bertz CT molecular complexity index is 855. The molecule has 0 aliphatic rings. The number of nitriles is 1. The Morgan fingerprint density at radius 1 is 1.36 bits per heavy atom. The van der Waals surface area contributed by atoms with E-state index in [1.165, 1.54) is 6.92 Å². The van der Waals surface area contributed by atoms with Gasteiger partial charge in [0.05, 0.1) is 5.69 Å². The van der Waals surface area contributed by atoms with Crippen LogP contribution in [0.4, 0.5) is 5.82 Å². The van der Waals surface area contributed by atoms with Crippen LogP contribution in [-0.4, -0.2) is 45.4 Å². The van der Waals surface area contributed by atoms with Gasteiger partial charge in [-0.1, -0.05) is 0 Å². The summed E-state index contributed by atoms with van der Waals surface area (Å²) in [5, 5.41) is 15.6. The van der Waals surface area contributed by atoms with Crippen molar-refractivity contribution in [3.05, 3.63) is 33.8 Å². The van der Waals surface area contributed by atoms with E-state index in [1.54, 1.807) is 25.8 Å². The Morgan fingerprint density at radius 2 is 2.04 bits per heavy atom. The van der Waals surface area contributed by atoms with Crippen molar-refractivity contribution in [1.82, 2.24) is 20.1 Å². The number of rotatable bonds is 6. The van der Waals surface area contributed by atoms with Crippen molar-refractivity contribution in [3.8, 4) is 6.07 Å². The fraction of sp³-hybridized carbons (Fsp3) is 0.412. The van der Waals surface area contributed by atoms with E-state index in [4.69, 9.17) is 11.0 Å². The fourth-order valence-electron chi connectivity index (χ4n) is 2.98. The van der Waals surface area contributed by atoms with Crippen LogP contribution >= 0.6 is 0 Å². The summed E-state index contributed by atoms with van der Waals surface area (Å²) < 4.78 is 0. The van der Waals surface area contributed by atoms with Crippen molar-refractivity contribution < 1.29 is 9.59 Å². The van der Waals surface area contributed by atoms with E-state index in [0.29, 0.717) is 53.2 Å². The molecule has 0 aliphatic heterocycles. The number of carbonyl (C=O) groups excluding carboxylic acids is 2. The van der Waals surface area contributed by atoms with Crippen LogP contribution in [0.1, 0.15) is 56.7 Å². The van der Waals surface area contributed by atoms with Crippen LogP contribution in [0.25, 0.3) is 0 Å². The number of nitrogens with two attached hydrogens (primary N) is 1. The zero-order chi connectivity index (χ0) is 18.7. The van der Waals surface area contributed by atoms with Gasteiger partial charge in [-0.25, -0.2) is 0 Å². The molecule has 8 nitrogen and oxygen atoms in total. The normalized spacial score (nSPS) is 10.5. The Morgan fingerprint density at radius 3 is 2.60 bits per heavy atom. The van der Waals surface area contributed by atoms with Gasteiger partial charge in [-0.05, 0) is 39.2 Å². The van der Waals surface area contributed by atoms with Crippen LogP contribution in [0.5, 0.6) is 0 Å². The Kier molecular flexibility index (Phi) is 5.27. The number of ketones is 1. The van der Waals surface area contributed by atoms with E-state index in [0.717, 1.165) is 0 Å². The van der Waals surface area contributed by atoms with Gasteiger partial charge in [-0.3, -0.25) is 14.7 Å². The molecule has 2 rings (SSSR count). The van der Waals surface area contributed by atoms with Gasteiger partial charge in [0.1, 0.15) is 17.3 Å². The minimum atomic E-state index is -0.169. The number of aromatic amines is 2. The first-order valence-corrected chi connectivity index (χ1v) is 7.96. The summed E-state index contributed by atoms with van der Waals surface area (Å²) in [5.74, 6) is -0.0391. The molecule has 0 aromatic carbocycles. The number of nitrogen functional groups attached to an aromatic ring is 1. The zero-order valence-electron chi connectivity index (χ0n) is 14.9. The highest BCUT2D eigenvalue weighted by molar-refractivity contribution is 6.02. The molecule has 0 radical (unpaired) electrons. The molecule has 0 unspecified atom stereocenters. The van der Waals surface area contributed by atoms with E-state index in [9.17, 15) is 9.59 Å². The molecule has 2 aromatic heterocycles. The summed E-state index contributed by atoms with van der Waals surface area (Å²) in [6.07, 6.45) is 1.21. The third-order valence-electron chi connectivity index (χ3n) is 4.25. The Labute approximate surface area is 146 Å². The van der Waals surface area contributed by atoms with Crippen molar-refractivity contribution >= 4 is 17.5 Å². The number of nitrogens with zero attached hydrogens (tertiary/aromatic N) is 3. The first-order chi connectivity index (χ1) is 11.8. The van der Waals surface area contributed by atoms with Gasteiger partial charge in [-0.2, -0.15) is 10.4 Å². The smallest absolute Gasteiger partial charge is 0.270 e. The number of amides is 1. The van der Waals surface area contributed by atoms with Crippen molar-refractivity contribution in [2.24, 2.45) is 0 Å². The van der Waals surface area contributed by atoms with Crippen molar-refractivity contribution in [2.75, 3.05) is 19.3 Å². The highest BCUT2D eigenvalue weighted by Crippen LogP contribution is 2.20. The molecule has 4 N–H and O–H groups in total. The quantitative estimate of drug-likeness (QED) is 0.688. The van der Waals surface area contributed by atoms with Crippen molar-refractivity contribution in [3.63, 3.8) is 0 Å². The van der Waals surface area contributed by atoms with Crippen LogP contribution in [0.3, 0.4) is 0 Å². The van der Waals surface area contributed by atoms with E-state index in [-0.39, 0.29) is 17.5 Å². The number of aromatic nitrogens is 3. The van der Waals surface area contributed by atoms with E-state index in [1.807, 2.05) is 6.07 Å². The van der Waals surface area contributed by atoms with E-state index < -0.39 is 0 Å². The lowest BCUT2D eigenvalue weighted by atomic mass is 10.1. The zero-order valence-corrected chi connectivity index (χ0v) is 14.9. The van der Waals surface area contributed by atoms with Crippen LogP contribution in [-0.2, 0) is 6.42 Å². The predicted molar refractivity (Wildman–Crippen MR) is 93.3 cm³/mol. The van der Waals surface area contributed by atoms with Crippen molar-refractivity contribution in [2.45, 2.75) is 33.6 Å². The third-order valence-corrected chi connectivity index (χ3v) is 4.25. The monoisotopic (exact) mass is 342 g/mol. The molecule has 0 aliphatic carbocycles. The molecular weight excluding hydrogens is 320 g/mol. The minimum absolute atomic E-state index is 0.0613. The van der Waals surface area contributed by atoms with Crippen LogP contribution in [0, 0.1) is 25.2 Å². The second-order valence-corrected chi connectivity index (χ2v) is 6.09. The van der Waals surface area contributed by atoms with E-state index in [2.05, 4.69) is 15.2 Å². The molecule has 0 atom stereocenters. The number of Topliss-reactive ketones (excluding diaryl/α,β-unsaturated/α-hetero) is 1. The molecule has 0 spiro atoms. The SMILES string of the molecule is CC(=O)c1c(C)[nH]c(C(=O)N(C)CCCc2[nH]nc(N)c2C#N)c1C. The molecule has 0 fully saturated rings. The maximum absolute atomic E-state index is 12.6. The molecule has 8 heteroatoms. The molecule has 0 saturated heterocycles. The number of hydrogen-bond donors (Lipinski definition) is 3. The Balaban J connectivity index is 2.03. The maximum Gasteiger partial charge on any atom is 0.270 e. The summed E-state index contributed by atoms with van der Waals surface area (Å²) in [4.78, 5) is 28.9. The fourth-order valence-corrected chi connectivity index (χ4v) is 2.98. The molecule has 2 heterocycles. The predicted octanol–water partition coefficient (Wildman–Crippen LogP) is 1.72. The van der Waals surface area contributed by atoms with Crippen LogP contribution in [0.2, 0.25) is 0 Å². The highest BCUT2D eigenvalue weighted by Gasteiger charge is 2.22. The van der Waals surface area contributed by atoms with Gasteiger partial charge in [0.15, 0.2) is 11.6 Å². The topological polar surface area (TPSA) is 132 Å². The second-order valence-electron chi connectivity index (χ2n) is 6.09. The Hall–Kier alpha value is -3.08. The van der Waals surface area contributed by atoms with E-state index >= 15 is 0 Å². The molecular formula is C17H22N6O2. The largest absolute Gasteiger partial charge is 0.381 e. The number of hydrogen-bond acceptors (Lipinski definition) is 5. The molecule has 2 aromatic rings. The second kappa shape index (κ2) is 7.21. The molecule has 25 heavy (non-hydrogen) atoms. The number of nitrogens with one attached hydrogen (secondary N) is 2. The standard InChI is InChI=1S/C17H22N6O2/c1-9-14(11(3)24)10(2)20-15(9)17(25)23(4)7-5-6-13-12(8-18)16(19)22-21-13/h20H,5-7H2,1-4H3,(H3,19,21,22). The average Bonchev–Trinajstić information content (AvgIpc) is 3.05. The van der Waals surface area contributed by atoms with Crippen LogP contribution < -0.4 is 5.73 Å². The molecule has 1 amide bonds. The van der Waals surface area contributed by atoms with Gasteiger partial charge < -0.3 is 15.6 Å². The van der Waals surface area contributed by atoms with Gasteiger partial charge in [0.2, 0.25) is 0 Å². The third kappa shape index (κ3) is 3.55. The van der Waals surface area contributed by atoms with Gasteiger partial charge in [-0.15, -0.1) is 0 Å². The first kappa shape index (κ1) is 18.3. The van der Waals surface area contributed by atoms with Gasteiger partial charge >= 0.3 is 0 Å². The van der Waals surface area contributed by atoms with Gasteiger partial charge in [0.25, 0.3) is 5.91 Å². The lowest BCUT2D eigenvalue weighted by Crippen LogP contribution is -2.29. The molecule has 0 saturated carbocycles. The lowest BCUT2D eigenvalue weighted by molar-refractivity contribution is 0.0787. The summed E-state index contributed by atoms with van der Waals surface area (Å²) in [5.41, 5.74) is 9.02. The summed E-state index contributed by atoms with van der Waals surface area (Å²) in [6.45, 7) is 5.54. The summed E-state index contributed by atoms with van der Waals surface area (Å²) >= 11 is 0. The highest BCUT2D eigenvalue weighted by atomic mass is 16.2. The summed E-state index contributed by atoms with van der Waals surface area (Å²) in [7, 11) is 1.71. The molecule has 0 bridgehead atoms. The number of aryl methyl sites for hydroxylation is 2. The number of carbonyl (C=O) groups is 2. The first-order valence-electron chi connectivity index (χ1n) is 7.96. The summed E-state index contributed by atoms with van der Waals surface area (Å²) in [6, 6.07) is 2.02. The molecule has 132 valence electrons. The van der Waals surface area contributed by atoms with Crippen molar-refractivity contribution in [1.29, 1.82) is 5.26 Å². The minimum Gasteiger partial charge on any atom is -0.381 e. The number of anilines is 1. The van der Waals surface area contributed by atoms with Gasteiger partial charge in [0, 0.05) is 24.8 Å². The lowest BCUT2D eigenvalue weighted by Gasteiger charge is -2.16. The average molecular weight is 342 g/mol. The maximum atomic E-state index is 12.6. The number of H-pyrrole nitrogens is 2. The van der Waals surface area contributed by atoms with Crippen LogP contribution in [0.15, 0.2) is 0 Å².